The van der Waals surface area contributed by atoms with Crippen LogP contribution in [0.3, 0.4) is 0 Å². The second-order valence-corrected chi connectivity index (χ2v) is 28.5. The molecule has 4 heterocycles. The fourth-order valence-electron chi connectivity index (χ4n) is 15.9. The van der Waals surface area contributed by atoms with Crippen LogP contribution in [0.5, 0.6) is 46.0 Å². The van der Waals surface area contributed by atoms with Crippen molar-refractivity contribution in [2.75, 3.05) is 48.6 Å². The highest BCUT2D eigenvalue weighted by molar-refractivity contribution is 6.45. The molecule has 2 atom stereocenters. The Balaban J connectivity index is 0.875. The lowest BCUT2D eigenvalue weighted by Crippen LogP contribution is -2.53. The highest BCUT2D eigenvalue weighted by Gasteiger charge is 2.47. The van der Waals surface area contributed by atoms with Crippen LogP contribution in [0.1, 0.15) is 52.6 Å². The normalized spacial score (nSPS) is 13.3. The van der Waals surface area contributed by atoms with Crippen LogP contribution in [0, 0.1) is 0 Å². The zero-order valence-electron chi connectivity index (χ0n) is 60.8. The Labute approximate surface area is 640 Å². The fourth-order valence-corrected chi connectivity index (χ4v) is 15.9. The molecule has 19 rings (SSSR count). The average molecular weight is 1470 g/mol. The number of nitrogens with one attached hydrogen (secondary N) is 2. The van der Waals surface area contributed by atoms with E-state index < -0.39 is 47.5 Å². The molecule has 2 unspecified atom stereocenters. The van der Waals surface area contributed by atoms with Gasteiger partial charge in [-0.05, 0) is 157 Å². The van der Waals surface area contributed by atoms with Gasteiger partial charge in [0.15, 0.2) is 0 Å². The first kappa shape index (κ1) is 67.8. The number of amides is 6. The van der Waals surface area contributed by atoms with Gasteiger partial charge in [0, 0.05) is 128 Å². The van der Waals surface area contributed by atoms with Crippen molar-refractivity contribution < 1.29 is 56.5 Å². The van der Waals surface area contributed by atoms with Gasteiger partial charge in [0.25, 0.3) is 23.6 Å². The van der Waals surface area contributed by atoms with Crippen molar-refractivity contribution in [1.82, 2.24) is 9.80 Å². The van der Waals surface area contributed by atoms with Crippen LogP contribution in [-0.4, -0.2) is 85.5 Å². The minimum absolute atomic E-state index is 0.0174. The molecule has 2 N–H and O–H groups in total. The molecule has 2 aromatic heterocycles. The first-order valence-corrected chi connectivity index (χ1v) is 36.6. The summed E-state index contributed by atoms with van der Waals surface area (Å²) >= 11 is 0. The van der Waals surface area contributed by atoms with Crippen molar-refractivity contribution in [3.05, 3.63) is 312 Å². The molecular weight excluding hydrogens is 1410 g/mol. The Hall–Kier alpha value is -14.8. The summed E-state index contributed by atoms with van der Waals surface area (Å²) in [5.41, 5.74) is 6.12. The van der Waals surface area contributed by atoms with Crippen molar-refractivity contribution in [2.45, 2.75) is 24.9 Å². The Kier molecular flexibility index (Phi) is 16.4. The first-order valence-electron chi connectivity index (χ1n) is 36.6. The van der Waals surface area contributed by atoms with E-state index in [0.29, 0.717) is 67.8 Å². The summed E-state index contributed by atoms with van der Waals surface area (Å²) in [4.78, 5) is 104. The Morgan fingerprint density at radius 1 is 0.321 bits per heavy atom. The zero-order chi connectivity index (χ0) is 76.2. The lowest BCUT2D eigenvalue weighted by atomic mass is 9.80. The van der Waals surface area contributed by atoms with E-state index in [2.05, 4.69) is 10.6 Å². The number of benzene rings is 15. The van der Waals surface area contributed by atoms with E-state index >= 15 is 28.8 Å². The molecule has 15 aromatic carbocycles. The number of fused-ring (bicyclic) bond motifs is 8. The topological polar surface area (TPSA) is 203 Å². The Morgan fingerprint density at radius 2 is 0.607 bits per heavy atom. The lowest BCUT2D eigenvalue weighted by Gasteiger charge is -2.36. The van der Waals surface area contributed by atoms with Gasteiger partial charge >= 0.3 is 0 Å². The van der Waals surface area contributed by atoms with Crippen LogP contribution < -0.4 is 39.4 Å². The van der Waals surface area contributed by atoms with Gasteiger partial charge in [0.2, 0.25) is 11.8 Å². The number of para-hydroxylation sites is 6. The number of furan rings is 2. The van der Waals surface area contributed by atoms with Gasteiger partial charge in [-0.1, -0.05) is 133 Å². The van der Waals surface area contributed by atoms with Gasteiger partial charge in [-0.15, -0.1) is 0 Å². The third kappa shape index (κ3) is 11.7. The van der Waals surface area contributed by atoms with Gasteiger partial charge in [0.05, 0.1) is 22.3 Å². The van der Waals surface area contributed by atoms with Crippen molar-refractivity contribution in [3.63, 3.8) is 0 Å². The number of imide groups is 2. The van der Waals surface area contributed by atoms with Gasteiger partial charge in [-0.3, -0.25) is 38.6 Å². The number of nitrogens with zero attached hydrogens (tertiary/aromatic N) is 4. The molecule has 544 valence electrons. The largest absolute Gasteiger partial charge is 0.457 e. The SMILES string of the molecule is CN(C)c1ccc(NC(=O)C(Cc2ccc3c(c2)oc2ccccc23)N2C(=O)c3cc(Oc4ccccc4)c4c5c(Oc6ccccc6)cc6c7c(cc(Oc8ccccc8)c(c8c(Oc9ccccc9)cc(c3c48)C2=O)c75)C(=O)N(C(Cc2ccc3c(c2)oc2ccccc23)C(=O)Nc2ccc(N(C)C)cc2)C6=O)cc1. The van der Waals surface area contributed by atoms with Crippen LogP contribution in [-0.2, 0) is 22.4 Å². The maximum Gasteiger partial charge on any atom is 0.262 e. The molecule has 18 nitrogen and oxygen atoms in total. The minimum atomic E-state index is -1.52. The van der Waals surface area contributed by atoms with E-state index in [-0.39, 0.29) is 101 Å². The molecule has 0 bridgehead atoms. The monoisotopic (exact) mass is 1470 g/mol. The molecular formula is C94H66N6O12. The highest BCUT2D eigenvalue weighted by Crippen LogP contribution is 2.58. The van der Waals surface area contributed by atoms with Crippen LogP contribution in [0.25, 0.3) is 87.0 Å². The molecule has 0 saturated carbocycles. The van der Waals surface area contributed by atoms with E-state index in [1.54, 1.807) is 146 Å². The number of carbonyl (C=O) groups excluding carboxylic acids is 6. The molecule has 2 aliphatic rings. The summed E-state index contributed by atoms with van der Waals surface area (Å²) in [7, 11) is 7.64. The number of ether oxygens (including phenoxy) is 4. The zero-order valence-corrected chi connectivity index (χ0v) is 60.8. The number of hydrogen-bond acceptors (Lipinski definition) is 14. The molecule has 0 aliphatic carbocycles. The number of carbonyl (C=O) groups is 6. The van der Waals surface area contributed by atoms with Crippen LogP contribution in [0.15, 0.2) is 288 Å². The second kappa shape index (κ2) is 27.2. The third-order valence-electron chi connectivity index (χ3n) is 21.1. The first-order chi connectivity index (χ1) is 54.6. The molecule has 0 saturated heterocycles. The smallest absolute Gasteiger partial charge is 0.262 e. The van der Waals surface area contributed by atoms with E-state index in [9.17, 15) is 0 Å². The van der Waals surface area contributed by atoms with Gasteiger partial charge in [-0.2, -0.15) is 0 Å². The van der Waals surface area contributed by atoms with Gasteiger partial charge in [0.1, 0.15) is 80.4 Å². The van der Waals surface area contributed by atoms with E-state index in [1.165, 1.54) is 0 Å². The second-order valence-electron chi connectivity index (χ2n) is 28.5. The maximum atomic E-state index is 16.8. The predicted molar refractivity (Wildman–Crippen MR) is 436 cm³/mol. The van der Waals surface area contributed by atoms with Gasteiger partial charge in [-0.25, -0.2) is 0 Å². The van der Waals surface area contributed by atoms with Crippen molar-refractivity contribution >= 4 is 145 Å². The van der Waals surface area contributed by atoms with Crippen LogP contribution in [0.2, 0.25) is 0 Å². The van der Waals surface area contributed by atoms with Crippen molar-refractivity contribution in [1.29, 1.82) is 0 Å². The van der Waals surface area contributed by atoms with Crippen LogP contribution >= 0.6 is 0 Å². The molecule has 17 aromatic rings. The maximum absolute atomic E-state index is 16.8. The highest BCUT2D eigenvalue weighted by atomic mass is 16.5. The molecule has 0 fully saturated rings. The summed E-state index contributed by atoms with van der Waals surface area (Å²) < 4.78 is 41.7. The molecule has 18 heteroatoms. The number of rotatable bonds is 20. The van der Waals surface area contributed by atoms with Gasteiger partial charge < -0.3 is 48.2 Å². The molecule has 0 spiro atoms. The molecule has 2 aliphatic heterocycles. The Morgan fingerprint density at radius 3 is 0.911 bits per heavy atom. The van der Waals surface area contributed by atoms with E-state index in [4.69, 9.17) is 27.8 Å². The predicted octanol–water partition coefficient (Wildman–Crippen LogP) is 20.5. The van der Waals surface area contributed by atoms with E-state index in [1.807, 2.05) is 171 Å². The standard InChI is InChI=1S/C94H66N6O12/c1-97(2)57-39-35-55(36-40-57)95-89(101)71(45-53-33-43-65-63-29-17-19-31-73(63)111-75(65)47-53)99-91(103)67-49-77(107-59-21-9-5-10-22-59)83-85-79(109-61-25-13-7-14-26-61)51-69-82-70(52-80(110-62-27-15-8-16-28-62)86(88(82)85)84-78(108-60-23-11-6-12-24-60)50-68(92(99)104)81(67)87(83)84)94(106)100(93(69)105)72(90(102)96-56-37-41-58(42-38-56)98(3)4)46-54-34-44-66-64-30-18-20-32-74(64)112-76(66)48-54/h5-44,47-52,71-72H,45-46H2,1-4H3,(H,95,101)(H,96,102). The van der Waals surface area contributed by atoms with E-state index in [0.717, 1.165) is 42.7 Å². The molecule has 0 radical (unpaired) electrons. The summed E-state index contributed by atoms with van der Waals surface area (Å²) in [6.45, 7) is 0. The van der Waals surface area contributed by atoms with Crippen molar-refractivity contribution in [3.8, 4) is 46.0 Å². The lowest BCUT2D eigenvalue weighted by molar-refractivity contribution is -0.120. The van der Waals surface area contributed by atoms with Crippen molar-refractivity contribution in [2.24, 2.45) is 0 Å². The average Bonchev–Trinajstić information content (AvgIpc) is 0.820. The minimum Gasteiger partial charge on any atom is -0.457 e. The Bertz CT molecular complexity index is 6110. The number of hydrogen-bond donors (Lipinski definition) is 2. The third-order valence-corrected chi connectivity index (χ3v) is 21.1. The summed E-state index contributed by atoms with van der Waals surface area (Å²) in [5.74, 6) is -3.00. The summed E-state index contributed by atoms with van der Waals surface area (Å²) in [6.07, 6.45) is -0.323. The summed E-state index contributed by atoms with van der Waals surface area (Å²) in [5, 5.41) is 11.6. The molecule has 112 heavy (non-hydrogen) atoms. The quantitative estimate of drug-likeness (QED) is 0.0414. The number of anilines is 4. The fraction of sp³-hybridized carbons (Fsp3) is 0.0851. The summed E-state index contributed by atoms with van der Waals surface area (Å²) in [6, 6.07) is 80.2. The van der Waals surface area contributed by atoms with Crippen LogP contribution in [0.4, 0.5) is 22.7 Å². The molecule has 6 amide bonds.